The smallest absolute Gasteiger partial charge is 0.387 e. The summed E-state index contributed by atoms with van der Waals surface area (Å²) < 4.78 is 42.1. The van der Waals surface area contributed by atoms with Gasteiger partial charge in [0.05, 0.1) is 6.04 Å². The zero-order valence-corrected chi connectivity index (χ0v) is 17.2. The highest BCUT2D eigenvalue weighted by atomic mass is 19.3. The number of carbonyl (C=O) groups is 1. The van der Waals surface area contributed by atoms with Crippen LogP contribution in [-0.2, 0) is 11.3 Å². The van der Waals surface area contributed by atoms with Crippen LogP contribution in [0.3, 0.4) is 0 Å². The molecule has 0 aliphatic carbocycles. The predicted octanol–water partition coefficient (Wildman–Crippen LogP) is 4.22. The number of aromatic hydroxyl groups is 1. The van der Waals surface area contributed by atoms with Gasteiger partial charge in [-0.3, -0.25) is 9.69 Å². The minimum absolute atomic E-state index is 0.0250. The largest absolute Gasteiger partial charge is 0.508 e. The molecular weight excluding hydrogens is 409 g/mol. The first-order chi connectivity index (χ1) is 14.9. The van der Waals surface area contributed by atoms with Gasteiger partial charge in [-0.05, 0) is 55.6 Å². The molecule has 4 rings (SSSR count). The minimum Gasteiger partial charge on any atom is -0.508 e. The summed E-state index contributed by atoms with van der Waals surface area (Å²) in [4.78, 5) is 16.3. The lowest BCUT2D eigenvalue weighted by Gasteiger charge is -2.32. The maximum atomic E-state index is 13.6. The Bertz CT molecular complexity index is 821. The van der Waals surface area contributed by atoms with Gasteiger partial charge in [0.25, 0.3) is 0 Å². The van der Waals surface area contributed by atoms with Gasteiger partial charge in [-0.15, -0.1) is 0 Å². The van der Waals surface area contributed by atoms with Crippen LogP contribution in [0.15, 0.2) is 54.6 Å². The SMILES string of the molecule is O=C1C(N2CCCC(F)C2)CCN1Cc1ccc(OC(F)F)cc1.Oc1ccccc1. The highest BCUT2D eigenvalue weighted by Gasteiger charge is 2.37. The van der Waals surface area contributed by atoms with Crippen LogP contribution in [0.25, 0.3) is 0 Å². The maximum absolute atomic E-state index is 13.6. The molecule has 168 valence electrons. The van der Waals surface area contributed by atoms with E-state index in [-0.39, 0.29) is 17.7 Å². The normalized spacial score (nSPS) is 21.7. The Morgan fingerprint density at radius 2 is 1.74 bits per heavy atom. The second-order valence-corrected chi connectivity index (χ2v) is 7.66. The fourth-order valence-corrected chi connectivity index (χ4v) is 3.88. The van der Waals surface area contributed by atoms with Crippen LogP contribution in [0.1, 0.15) is 24.8 Å². The number of para-hydroxylation sites is 1. The van der Waals surface area contributed by atoms with E-state index in [2.05, 4.69) is 4.74 Å². The summed E-state index contributed by atoms with van der Waals surface area (Å²) in [6.07, 6.45) is 1.23. The molecule has 2 aliphatic heterocycles. The third kappa shape index (κ3) is 6.89. The number of ether oxygens (including phenoxy) is 1. The van der Waals surface area contributed by atoms with Crippen molar-refractivity contribution >= 4 is 5.91 Å². The van der Waals surface area contributed by atoms with Crippen LogP contribution < -0.4 is 4.74 Å². The molecule has 31 heavy (non-hydrogen) atoms. The molecule has 2 unspecified atom stereocenters. The van der Waals surface area contributed by atoms with Crippen molar-refractivity contribution in [3.63, 3.8) is 0 Å². The van der Waals surface area contributed by atoms with E-state index in [1.165, 1.54) is 12.1 Å². The number of phenolic OH excluding ortho intramolecular Hbond substituents is 1. The number of nitrogens with zero attached hydrogens (tertiary/aromatic N) is 2. The molecule has 1 N–H and O–H groups in total. The molecule has 2 aliphatic rings. The molecule has 0 saturated carbocycles. The van der Waals surface area contributed by atoms with Crippen molar-refractivity contribution in [2.75, 3.05) is 19.6 Å². The monoisotopic (exact) mass is 436 g/mol. The van der Waals surface area contributed by atoms with Crippen LogP contribution in [0.2, 0.25) is 0 Å². The second-order valence-electron chi connectivity index (χ2n) is 7.66. The number of benzene rings is 2. The summed E-state index contributed by atoms with van der Waals surface area (Å²) in [6.45, 7) is -0.682. The summed E-state index contributed by atoms with van der Waals surface area (Å²) in [5, 5.41) is 8.63. The van der Waals surface area contributed by atoms with Crippen molar-refractivity contribution < 1.29 is 27.8 Å². The summed E-state index contributed by atoms with van der Waals surface area (Å²) >= 11 is 0. The molecule has 2 atom stereocenters. The van der Waals surface area contributed by atoms with Crippen LogP contribution in [-0.4, -0.2) is 59.3 Å². The second kappa shape index (κ2) is 11.0. The summed E-state index contributed by atoms with van der Waals surface area (Å²) in [5.74, 6) is 0.446. The molecule has 2 aromatic carbocycles. The van der Waals surface area contributed by atoms with E-state index < -0.39 is 12.8 Å². The van der Waals surface area contributed by atoms with Gasteiger partial charge >= 0.3 is 6.61 Å². The highest BCUT2D eigenvalue weighted by molar-refractivity contribution is 5.84. The Morgan fingerprint density at radius 3 is 2.32 bits per heavy atom. The van der Waals surface area contributed by atoms with Gasteiger partial charge in [-0.25, -0.2) is 4.39 Å². The quantitative estimate of drug-likeness (QED) is 0.763. The number of piperidine rings is 1. The molecule has 0 bridgehead atoms. The van der Waals surface area contributed by atoms with Crippen molar-refractivity contribution in [2.45, 2.75) is 44.6 Å². The van der Waals surface area contributed by atoms with Crippen LogP contribution in [0, 0.1) is 0 Å². The van der Waals surface area contributed by atoms with E-state index >= 15 is 0 Å². The number of likely N-dealkylation sites (tertiary alicyclic amines) is 2. The fraction of sp³-hybridized carbons (Fsp3) is 0.435. The lowest BCUT2D eigenvalue weighted by atomic mass is 10.1. The van der Waals surface area contributed by atoms with E-state index in [0.717, 1.165) is 18.5 Å². The Labute approximate surface area is 180 Å². The van der Waals surface area contributed by atoms with Crippen LogP contribution in [0.5, 0.6) is 11.5 Å². The number of amides is 1. The van der Waals surface area contributed by atoms with Crippen molar-refractivity contribution in [2.24, 2.45) is 0 Å². The van der Waals surface area contributed by atoms with E-state index in [1.54, 1.807) is 41.3 Å². The number of phenols is 1. The number of hydrogen-bond acceptors (Lipinski definition) is 4. The van der Waals surface area contributed by atoms with Crippen LogP contribution >= 0.6 is 0 Å². The van der Waals surface area contributed by atoms with Gasteiger partial charge < -0.3 is 14.7 Å². The predicted molar refractivity (Wildman–Crippen MR) is 111 cm³/mol. The van der Waals surface area contributed by atoms with Gasteiger partial charge in [-0.1, -0.05) is 30.3 Å². The molecule has 1 amide bonds. The molecule has 2 fully saturated rings. The van der Waals surface area contributed by atoms with Crippen LogP contribution in [0.4, 0.5) is 13.2 Å². The Balaban J connectivity index is 0.000000330. The number of hydrogen-bond donors (Lipinski definition) is 1. The molecule has 2 heterocycles. The van der Waals surface area contributed by atoms with Gasteiger partial charge in [0.1, 0.15) is 17.7 Å². The first kappa shape index (κ1) is 22.9. The zero-order valence-electron chi connectivity index (χ0n) is 17.2. The third-order valence-corrected chi connectivity index (χ3v) is 5.38. The van der Waals surface area contributed by atoms with Crippen molar-refractivity contribution in [1.82, 2.24) is 9.80 Å². The Kier molecular flexibility index (Phi) is 8.17. The average molecular weight is 436 g/mol. The van der Waals surface area contributed by atoms with E-state index in [1.807, 2.05) is 11.0 Å². The first-order valence-electron chi connectivity index (χ1n) is 10.4. The molecule has 0 aromatic heterocycles. The molecule has 5 nitrogen and oxygen atoms in total. The van der Waals surface area contributed by atoms with Gasteiger partial charge in [-0.2, -0.15) is 8.78 Å². The summed E-state index contributed by atoms with van der Waals surface area (Å²) in [7, 11) is 0. The Hall–Kier alpha value is -2.74. The van der Waals surface area contributed by atoms with Crippen molar-refractivity contribution in [1.29, 1.82) is 0 Å². The minimum atomic E-state index is -2.85. The highest BCUT2D eigenvalue weighted by Crippen LogP contribution is 2.24. The standard InChI is InChI=1S/C17H21F3N2O2.C6H6O/c18-13-2-1-8-21(11-13)15-7-9-22(16(15)23)10-12-3-5-14(6-4-12)24-17(19)20;7-6-4-2-1-3-5-6/h3-6,13,15,17H,1-2,7-11H2;1-5,7H. The number of carbonyl (C=O) groups excluding carboxylic acids is 1. The first-order valence-corrected chi connectivity index (χ1v) is 10.4. The van der Waals surface area contributed by atoms with E-state index in [9.17, 15) is 18.0 Å². The van der Waals surface area contributed by atoms with E-state index in [0.29, 0.717) is 38.2 Å². The lowest BCUT2D eigenvalue weighted by molar-refractivity contribution is -0.133. The van der Waals surface area contributed by atoms with Crippen molar-refractivity contribution in [3.05, 3.63) is 60.2 Å². The van der Waals surface area contributed by atoms with E-state index in [4.69, 9.17) is 5.11 Å². The van der Waals surface area contributed by atoms with Gasteiger partial charge in [0.2, 0.25) is 5.91 Å². The van der Waals surface area contributed by atoms with Crippen molar-refractivity contribution in [3.8, 4) is 11.5 Å². The average Bonchev–Trinajstić information content (AvgIpc) is 3.10. The topological polar surface area (TPSA) is 53.0 Å². The third-order valence-electron chi connectivity index (χ3n) is 5.38. The molecular formula is C23H27F3N2O3. The molecule has 2 aromatic rings. The number of rotatable bonds is 5. The fourth-order valence-electron chi connectivity index (χ4n) is 3.88. The summed E-state index contributed by atoms with van der Waals surface area (Å²) in [6, 6.07) is 14.8. The maximum Gasteiger partial charge on any atom is 0.387 e. The summed E-state index contributed by atoms with van der Waals surface area (Å²) in [5.41, 5.74) is 0.854. The van der Waals surface area contributed by atoms with Gasteiger partial charge in [0.15, 0.2) is 0 Å². The molecule has 2 saturated heterocycles. The molecule has 0 spiro atoms. The Morgan fingerprint density at radius 1 is 1.03 bits per heavy atom. The number of halogens is 3. The van der Waals surface area contributed by atoms with Gasteiger partial charge in [0, 0.05) is 19.6 Å². The molecule has 0 radical (unpaired) electrons. The molecule has 8 heteroatoms. The number of alkyl halides is 3. The zero-order chi connectivity index (χ0) is 22.2. The lowest BCUT2D eigenvalue weighted by Crippen LogP contribution is -2.47.